The van der Waals surface area contributed by atoms with Crippen LogP contribution in [0, 0.1) is 0 Å². The monoisotopic (exact) mass is 464 g/mol. The van der Waals surface area contributed by atoms with E-state index in [4.69, 9.17) is 13.9 Å². The molecule has 180 valence electrons. The largest absolute Gasteiger partial charge is 0.496 e. The van der Waals surface area contributed by atoms with Crippen molar-refractivity contribution in [3.8, 4) is 5.75 Å². The Labute approximate surface area is 199 Å². The molecule has 0 atom stereocenters. The highest BCUT2D eigenvalue weighted by atomic mass is 16.5. The number of benzene rings is 2. The zero-order valence-corrected chi connectivity index (χ0v) is 20.3. The summed E-state index contributed by atoms with van der Waals surface area (Å²) in [5.41, 5.74) is 2.23. The van der Waals surface area contributed by atoms with Gasteiger partial charge in [0, 0.05) is 35.3 Å². The van der Waals surface area contributed by atoms with Crippen LogP contribution in [0.25, 0.3) is 11.0 Å². The molecule has 4 rings (SSSR count). The van der Waals surface area contributed by atoms with Crippen molar-refractivity contribution in [3.05, 3.63) is 69.6 Å². The number of amides is 1. The molecule has 0 unspecified atom stereocenters. The molecule has 3 aromatic rings. The van der Waals surface area contributed by atoms with Gasteiger partial charge in [-0.25, -0.2) is 4.79 Å². The number of anilines is 1. The van der Waals surface area contributed by atoms with Crippen molar-refractivity contribution >= 4 is 22.6 Å². The lowest BCUT2D eigenvalue weighted by molar-refractivity contribution is -0.0118. The fourth-order valence-electron chi connectivity index (χ4n) is 4.53. The van der Waals surface area contributed by atoms with Crippen LogP contribution < -0.4 is 15.7 Å². The molecule has 0 aliphatic carbocycles. The first-order chi connectivity index (χ1) is 16.3. The molecule has 7 nitrogen and oxygen atoms in total. The first kappa shape index (κ1) is 24.0. The summed E-state index contributed by atoms with van der Waals surface area (Å²) in [6.45, 7) is 9.66. The molecule has 7 heteroatoms. The Morgan fingerprint density at radius 3 is 2.47 bits per heavy atom. The summed E-state index contributed by atoms with van der Waals surface area (Å²) < 4.78 is 16.5. The van der Waals surface area contributed by atoms with E-state index in [-0.39, 0.29) is 11.1 Å². The molecule has 1 aliphatic heterocycles. The topological polar surface area (TPSA) is 81.0 Å². The first-order valence-corrected chi connectivity index (χ1v) is 11.7. The Balaban J connectivity index is 1.56. The zero-order valence-electron chi connectivity index (χ0n) is 20.3. The molecule has 0 radical (unpaired) electrons. The number of hydrogen-bond donors (Lipinski definition) is 1. The molecule has 1 fully saturated rings. The van der Waals surface area contributed by atoms with Crippen LogP contribution in [0.4, 0.5) is 5.69 Å². The van der Waals surface area contributed by atoms with E-state index in [1.54, 1.807) is 19.2 Å². The Morgan fingerprint density at radius 1 is 1.12 bits per heavy atom. The van der Waals surface area contributed by atoms with Gasteiger partial charge < -0.3 is 19.2 Å². The number of carbonyl (C=O) groups is 1. The van der Waals surface area contributed by atoms with Crippen molar-refractivity contribution in [1.29, 1.82) is 0 Å². The number of methoxy groups -OCH3 is 1. The predicted octanol–water partition coefficient (Wildman–Crippen LogP) is 4.57. The van der Waals surface area contributed by atoms with Gasteiger partial charge in [0.15, 0.2) is 0 Å². The van der Waals surface area contributed by atoms with Crippen molar-refractivity contribution < 1.29 is 18.7 Å². The number of ether oxygens (including phenoxy) is 2. The van der Waals surface area contributed by atoms with Gasteiger partial charge in [-0.05, 0) is 56.2 Å². The number of rotatable bonds is 7. The average molecular weight is 465 g/mol. The number of nitrogens with one attached hydrogen (secondary N) is 1. The Kier molecular flexibility index (Phi) is 7.05. The zero-order chi connectivity index (χ0) is 24.3. The highest BCUT2D eigenvalue weighted by molar-refractivity contribution is 6.05. The predicted molar refractivity (Wildman–Crippen MR) is 133 cm³/mol. The van der Waals surface area contributed by atoms with E-state index in [1.807, 2.05) is 37.3 Å². The molecule has 1 aliphatic rings. The summed E-state index contributed by atoms with van der Waals surface area (Å²) in [5, 5.41) is 3.52. The second-order valence-corrected chi connectivity index (χ2v) is 9.05. The van der Waals surface area contributed by atoms with Crippen molar-refractivity contribution in [2.45, 2.75) is 39.2 Å². The van der Waals surface area contributed by atoms with Gasteiger partial charge in [0.05, 0.1) is 20.3 Å². The van der Waals surface area contributed by atoms with Gasteiger partial charge in [0.2, 0.25) is 0 Å². The van der Waals surface area contributed by atoms with Crippen LogP contribution in [-0.4, -0.2) is 44.2 Å². The molecule has 1 N–H and O–H groups in total. The van der Waals surface area contributed by atoms with Gasteiger partial charge in [-0.3, -0.25) is 9.69 Å². The third-order valence-corrected chi connectivity index (χ3v) is 6.58. The number of hydrogen-bond acceptors (Lipinski definition) is 6. The highest BCUT2D eigenvalue weighted by Crippen LogP contribution is 2.30. The fourth-order valence-corrected chi connectivity index (χ4v) is 4.53. The van der Waals surface area contributed by atoms with Crippen LogP contribution in [0.5, 0.6) is 5.75 Å². The van der Waals surface area contributed by atoms with Gasteiger partial charge in [-0.2, -0.15) is 0 Å². The van der Waals surface area contributed by atoms with E-state index in [1.165, 1.54) is 0 Å². The molecule has 34 heavy (non-hydrogen) atoms. The van der Waals surface area contributed by atoms with E-state index in [0.29, 0.717) is 28.8 Å². The summed E-state index contributed by atoms with van der Waals surface area (Å²) >= 11 is 0. The maximum Gasteiger partial charge on any atom is 0.349 e. The van der Waals surface area contributed by atoms with Crippen LogP contribution in [0.1, 0.15) is 48.7 Å². The molecule has 0 saturated carbocycles. The van der Waals surface area contributed by atoms with Crippen LogP contribution in [0.3, 0.4) is 0 Å². The van der Waals surface area contributed by atoms with Crippen LogP contribution in [0.15, 0.2) is 51.7 Å². The summed E-state index contributed by atoms with van der Waals surface area (Å²) in [5.74, 6) is 0.179. The minimum atomic E-state index is -0.666. The van der Waals surface area contributed by atoms with Crippen LogP contribution >= 0.6 is 0 Å². The average Bonchev–Trinajstić information content (AvgIpc) is 2.85. The van der Waals surface area contributed by atoms with E-state index in [2.05, 4.69) is 24.1 Å². The lowest BCUT2D eigenvalue weighted by Crippen LogP contribution is -2.47. The molecule has 1 aromatic heterocycles. The smallest absolute Gasteiger partial charge is 0.349 e. The van der Waals surface area contributed by atoms with E-state index < -0.39 is 11.5 Å². The minimum absolute atomic E-state index is 0.0298. The number of fused-ring (bicyclic) bond motifs is 1. The second kappa shape index (κ2) is 9.99. The molecular weight excluding hydrogens is 432 g/mol. The summed E-state index contributed by atoms with van der Waals surface area (Å²) in [4.78, 5) is 28.0. The maximum atomic E-state index is 12.9. The van der Waals surface area contributed by atoms with Crippen LogP contribution in [0.2, 0.25) is 0 Å². The molecule has 0 spiro atoms. The SMILES string of the molecule is CCCc1c(OC)ccc2cc(C(=O)Nc3ccc(C(C)(C)N4CCOCC4)cc3)c(=O)oc12. The lowest BCUT2D eigenvalue weighted by atomic mass is 9.91. The highest BCUT2D eigenvalue weighted by Gasteiger charge is 2.30. The fraction of sp³-hybridized carbons (Fsp3) is 0.407. The van der Waals surface area contributed by atoms with Crippen molar-refractivity contribution in [2.24, 2.45) is 0 Å². The number of morpholine rings is 1. The van der Waals surface area contributed by atoms with Crippen molar-refractivity contribution in [2.75, 3.05) is 38.7 Å². The molecule has 1 amide bonds. The standard InChI is InChI=1S/C27H32N2O5/c1-5-6-21-23(32-4)12-7-18-17-22(26(31)34-24(18)21)25(30)28-20-10-8-19(9-11-20)27(2,3)29-13-15-33-16-14-29/h7-12,17H,5-6,13-16H2,1-4H3,(H,28,30). The lowest BCUT2D eigenvalue weighted by Gasteiger charge is -2.41. The summed E-state index contributed by atoms with van der Waals surface area (Å²) in [6, 6.07) is 13.0. The van der Waals surface area contributed by atoms with Gasteiger partial charge in [-0.1, -0.05) is 25.5 Å². The normalized spacial score (nSPS) is 14.8. The quantitative estimate of drug-likeness (QED) is 0.516. The third-order valence-electron chi connectivity index (χ3n) is 6.58. The summed E-state index contributed by atoms with van der Waals surface area (Å²) in [7, 11) is 1.59. The van der Waals surface area contributed by atoms with Gasteiger partial charge >= 0.3 is 5.63 Å². The summed E-state index contributed by atoms with van der Waals surface area (Å²) in [6.07, 6.45) is 1.59. The Bertz CT molecular complexity index is 1220. The van der Waals surface area contributed by atoms with Crippen molar-refractivity contribution in [3.63, 3.8) is 0 Å². The Hall–Kier alpha value is -3.16. The first-order valence-electron chi connectivity index (χ1n) is 11.7. The molecule has 2 aromatic carbocycles. The van der Waals surface area contributed by atoms with Gasteiger partial charge in [0.25, 0.3) is 5.91 Å². The number of carbonyl (C=O) groups excluding carboxylic acids is 1. The van der Waals surface area contributed by atoms with Gasteiger partial charge in [-0.15, -0.1) is 0 Å². The molecule has 1 saturated heterocycles. The number of aryl methyl sites for hydroxylation is 1. The third kappa shape index (κ3) is 4.72. The maximum absolute atomic E-state index is 12.9. The van der Waals surface area contributed by atoms with E-state index >= 15 is 0 Å². The van der Waals surface area contributed by atoms with Gasteiger partial charge in [0.1, 0.15) is 16.9 Å². The number of nitrogens with zero attached hydrogens (tertiary/aromatic N) is 1. The second-order valence-electron chi connectivity index (χ2n) is 9.05. The van der Waals surface area contributed by atoms with E-state index in [0.717, 1.165) is 43.9 Å². The Morgan fingerprint density at radius 2 is 1.82 bits per heavy atom. The van der Waals surface area contributed by atoms with Crippen LogP contribution in [-0.2, 0) is 16.7 Å². The molecule has 0 bridgehead atoms. The van der Waals surface area contributed by atoms with Crippen molar-refractivity contribution in [1.82, 2.24) is 4.90 Å². The molecular formula is C27H32N2O5. The molecule has 2 heterocycles. The minimum Gasteiger partial charge on any atom is -0.496 e. The van der Waals surface area contributed by atoms with E-state index in [9.17, 15) is 9.59 Å².